The molecule has 2 heterocycles. The molecule has 1 aromatic heterocycles. The van der Waals surface area contributed by atoms with E-state index in [1.54, 1.807) is 29.2 Å². The molecule has 132 valence electrons. The number of amides is 1. The van der Waals surface area contributed by atoms with Gasteiger partial charge in [-0.25, -0.2) is 8.78 Å². The van der Waals surface area contributed by atoms with Gasteiger partial charge in [0, 0.05) is 29.6 Å². The SMILES string of the molecule is O=C1CC(c2noc(-c3cc(F)ccc3F)n2)CN1c1ccc(Cl)cc1. The molecule has 8 heteroatoms. The van der Waals surface area contributed by atoms with Crippen LogP contribution in [0, 0.1) is 11.6 Å². The highest BCUT2D eigenvalue weighted by Gasteiger charge is 2.34. The first-order chi connectivity index (χ1) is 12.5. The second-order valence-electron chi connectivity index (χ2n) is 5.96. The zero-order valence-corrected chi connectivity index (χ0v) is 14.1. The van der Waals surface area contributed by atoms with Crippen molar-refractivity contribution in [3.63, 3.8) is 0 Å². The van der Waals surface area contributed by atoms with Crippen molar-refractivity contribution in [3.05, 3.63) is 64.9 Å². The third-order valence-electron chi connectivity index (χ3n) is 4.23. The highest BCUT2D eigenvalue weighted by atomic mass is 35.5. The van der Waals surface area contributed by atoms with Crippen LogP contribution in [0.25, 0.3) is 11.5 Å². The minimum absolute atomic E-state index is 0.0828. The first-order valence-corrected chi connectivity index (χ1v) is 8.24. The summed E-state index contributed by atoms with van der Waals surface area (Å²) in [5.41, 5.74) is 0.615. The fraction of sp³-hybridized carbons (Fsp3) is 0.167. The molecular formula is C18H12ClF2N3O2. The number of rotatable bonds is 3. The van der Waals surface area contributed by atoms with Gasteiger partial charge in [-0.15, -0.1) is 0 Å². The number of carbonyl (C=O) groups excluding carboxylic acids is 1. The number of carbonyl (C=O) groups is 1. The lowest BCUT2D eigenvalue weighted by molar-refractivity contribution is -0.117. The molecular weight excluding hydrogens is 364 g/mol. The molecule has 0 saturated carbocycles. The van der Waals surface area contributed by atoms with Crippen molar-refractivity contribution >= 4 is 23.2 Å². The highest BCUT2D eigenvalue weighted by Crippen LogP contribution is 2.32. The molecule has 0 aliphatic carbocycles. The van der Waals surface area contributed by atoms with Gasteiger partial charge < -0.3 is 9.42 Å². The Bertz CT molecular complexity index is 975. The first kappa shape index (κ1) is 16.7. The van der Waals surface area contributed by atoms with E-state index in [0.717, 1.165) is 23.9 Å². The van der Waals surface area contributed by atoms with Gasteiger partial charge in [0.1, 0.15) is 11.6 Å². The monoisotopic (exact) mass is 375 g/mol. The summed E-state index contributed by atoms with van der Waals surface area (Å²) >= 11 is 5.87. The van der Waals surface area contributed by atoms with Crippen molar-refractivity contribution < 1.29 is 18.1 Å². The van der Waals surface area contributed by atoms with Crippen LogP contribution >= 0.6 is 11.6 Å². The third-order valence-corrected chi connectivity index (χ3v) is 4.48. The van der Waals surface area contributed by atoms with Gasteiger partial charge in [-0.3, -0.25) is 4.79 Å². The maximum atomic E-state index is 13.9. The minimum Gasteiger partial charge on any atom is -0.334 e. The van der Waals surface area contributed by atoms with Crippen LogP contribution in [0.5, 0.6) is 0 Å². The summed E-state index contributed by atoms with van der Waals surface area (Å²) in [6, 6.07) is 9.92. The van der Waals surface area contributed by atoms with Crippen LogP contribution in [0.3, 0.4) is 0 Å². The molecule has 3 aromatic rings. The number of anilines is 1. The molecule has 1 amide bonds. The van der Waals surface area contributed by atoms with Gasteiger partial charge in [-0.1, -0.05) is 16.8 Å². The van der Waals surface area contributed by atoms with E-state index < -0.39 is 11.6 Å². The second kappa shape index (κ2) is 6.49. The summed E-state index contributed by atoms with van der Waals surface area (Å²) in [6.45, 7) is 0.366. The van der Waals surface area contributed by atoms with Crippen molar-refractivity contribution in [1.82, 2.24) is 10.1 Å². The Labute approximate surface area is 152 Å². The number of nitrogens with zero attached hydrogens (tertiary/aromatic N) is 3. The molecule has 0 N–H and O–H groups in total. The maximum Gasteiger partial charge on any atom is 0.261 e. The fourth-order valence-corrected chi connectivity index (χ4v) is 3.05. The second-order valence-corrected chi connectivity index (χ2v) is 6.40. The summed E-state index contributed by atoms with van der Waals surface area (Å²) in [6.07, 6.45) is 0.202. The largest absolute Gasteiger partial charge is 0.334 e. The lowest BCUT2D eigenvalue weighted by Crippen LogP contribution is -2.24. The fourth-order valence-electron chi connectivity index (χ4n) is 2.92. The van der Waals surface area contributed by atoms with Crippen LogP contribution in [0.2, 0.25) is 5.02 Å². The molecule has 1 aliphatic rings. The topological polar surface area (TPSA) is 59.2 Å². The molecule has 2 aromatic carbocycles. The maximum absolute atomic E-state index is 13.9. The van der Waals surface area contributed by atoms with Crippen LogP contribution in [0.15, 0.2) is 47.0 Å². The van der Waals surface area contributed by atoms with Gasteiger partial charge in [0.15, 0.2) is 5.82 Å². The number of benzene rings is 2. The number of hydrogen-bond donors (Lipinski definition) is 0. The van der Waals surface area contributed by atoms with Crippen molar-refractivity contribution in [3.8, 4) is 11.5 Å². The standard InChI is InChI=1S/C18H12ClF2N3O2/c19-11-1-4-13(5-2-11)24-9-10(7-16(24)25)17-22-18(26-23-17)14-8-12(20)3-6-15(14)21/h1-6,8,10H,7,9H2. The highest BCUT2D eigenvalue weighted by molar-refractivity contribution is 6.30. The lowest BCUT2D eigenvalue weighted by atomic mass is 10.1. The first-order valence-electron chi connectivity index (χ1n) is 7.86. The zero-order chi connectivity index (χ0) is 18.3. The molecule has 0 spiro atoms. The van der Waals surface area contributed by atoms with Crippen LogP contribution in [0.4, 0.5) is 14.5 Å². The van der Waals surface area contributed by atoms with Crippen LogP contribution in [-0.4, -0.2) is 22.6 Å². The molecule has 0 radical (unpaired) electrons. The summed E-state index contributed by atoms with van der Waals surface area (Å²) < 4.78 is 32.3. The van der Waals surface area contributed by atoms with E-state index in [0.29, 0.717) is 11.6 Å². The number of hydrogen-bond acceptors (Lipinski definition) is 4. The van der Waals surface area contributed by atoms with Crippen molar-refractivity contribution in [2.24, 2.45) is 0 Å². The normalized spacial score (nSPS) is 17.1. The van der Waals surface area contributed by atoms with Gasteiger partial charge in [0.2, 0.25) is 5.91 Å². The molecule has 5 nitrogen and oxygen atoms in total. The van der Waals surface area contributed by atoms with Crippen LogP contribution in [-0.2, 0) is 4.79 Å². The molecule has 1 atom stereocenters. The van der Waals surface area contributed by atoms with Gasteiger partial charge in [0.25, 0.3) is 5.89 Å². The molecule has 1 unspecified atom stereocenters. The Hall–Kier alpha value is -2.80. The van der Waals surface area contributed by atoms with E-state index in [9.17, 15) is 13.6 Å². The van der Waals surface area contributed by atoms with E-state index in [1.807, 2.05) is 0 Å². The predicted octanol–water partition coefficient (Wildman–Crippen LogP) is 4.19. The minimum atomic E-state index is -0.660. The van der Waals surface area contributed by atoms with Crippen molar-refractivity contribution in [2.45, 2.75) is 12.3 Å². The summed E-state index contributed by atoms with van der Waals surface area (Å²) in [5, 5.41) is 4.43. The smallest absolute Gasteiger partial charge is 0.261 e. The zero-order valence-electron chi connectivity index (χ0n) is 13.3. The summed E-state index contributed by atoms with van der Waals surface area (Å²) in [5.74, 6) is -1.48. The van der Waals surface area contributed by atoms with E-state index in [4.69, 9.17) is 16.1 Å². The van der Waals surface area contributed by atoms with Crippen molar-refractivity contribution in [2.75, 3.05) is 11.4 Å². The Balaban J connectivity index is 1.58. The number of halogens is 3. The Morgan fingerprint density at radius 3 is 2.69 bits per heavy atom. The molecule has 1 saturated heterocycles. The summed E-state index contributed by atoms with van der Waals surface area (Å²) in [7, 11) is 0. The average molecular weight is 376 g/mol. The predicted molar refractivity (Wildman–Crippen MR) is 90.8 cm³/mol. The summed E-state index contributed by atoms with van der Waals surface area (Å²) in [4.78, 5) is 18.1. The van der Waals surface area contributed by atoms with Gasteiger partial charge in [-0.2, -0.15) is 4.98 Å². The number of aromatic nitrogens is 2. The molecule has 1 fully saturated rings. The van der Waals surface area contributed by atoms with Gasteiger partial charge in [0.05, 0.1) is 5.56 Å². The van der Waals surface area contributed by atoms with E-state index in [1.165, 1.54) is 0 Å². The average Bonchev–Trinajstić information content (AvgIpc) is 3.25. The van der Waals surface area contributed by atoms with Crippen LogP contribution in [0.1, 0.15) is 18.2 Å². The quantitative estimate of drug-likeness (QED) is 0.688. The van der Waals surface area contributed by atoms with Gasteiger partial charge in [-0.05, 0) is 42.5 Å². The molecule has 4 rings (SSSR count). The van der Waals surface area contributed by atoms with E-state index in [2.05, 4.69) is 10.1 Å². The van der Waals surface area contributed by atoms with Gasteiger partial charge >= 0.3 is 0 Å². The lowest BCUT2D eigenvalue weighted by Gasteiger charge is -2.16. The van der Waals surface area contributed by atoms with E-state index >= 15 is 0 Å². The third kappa shape index (κ3) is 3.06. The van der Waals surface area contributed by atoms with E-state index in [-0.39, 0.29) is 35.5 Å². The van der Waals surface area contributed by atoms with Crippen LogP contribution < -0.4 is 4.90 Å². The Morgan fingerprint density at radius 2 is 1.92 bits per heavy atom. The Kier molecular flexibility index (Phi) is 4.16. The Morgan fingerprint density at radius 1 is 1.15 bits per heavy atom. The molecule has 0 bridgehead atoms. The molecule has 1 aliphatic heterocycles. The molecule has 26 heavy (non-hydrogen) atoms. The van der Waals surface area contributed by atoms with Crippen molar-refractivity contribution in [1.29, 1.82) is 0 Å².